The molecule has 0 radical (unpaired) electrons. The smallest absolute Gasteiger partial charge is 0.160 e. The van der Waals surface area contributed by atoms with Gasteiger partial charge in [0.05, 0.1) is 22.2 Å². The number of hydrogen-bond acceptors (Lipinski definition) is 3. The molecular weight excluding hydrogens is 548 g/mol. The van der Waals surface area contributed by atoms with Gasteiger partial charge in [0.15, 0.2) is 5.82 Å². The molecule has 0 amide bonds. The van der Waals surface area contributed by atoms with Gasteiger partial charge in [0, 0.05) is 50.9 Å². The molecule has 3 heterocycles. The van der Waals surface area contributed by atoms with E-state index in [1.165, 1.54) is 49.3 Å². The lowest BCUT2D eigenvalue weighted by atomic mass is 9.98. The van der Waals surface area contributed by atoms with Crippen LogP contribution in [0.2, 0.25) is 0 Å². The Hall–Kier alpha value is -6.13. The van der Waals surface area contributed by atoms with Crippen molar-refractivity contribution in [3.8, 4) is 50.6 Å². The highest BCUT2D eigenvalue weighted by Crippen LogP contribution is 2.51. The Balaban J connectivity index is 1.21. The third kappa shape index (κ3) is 3.45. The van der Waals surface area contributed by atoms with Crippen LogP contribution in [0.25, 0.3) is 94.1 Å². The summed E-state index contributed by atoms with van der Waals surface area (Å²) in [6.07, 6.45) is 3.74. The van der Waals surface area contributed by atoms with E-state index in [-0.39, 0.29) is 0 Å². The van der Waals surface area contributed by atoms with Crippen LogP contribution < -0.4 is 0 Å². The quantitative estimate of drug-likeness (QED) is 0.211. The summed E-state index contributed by atoms with van der Waals surface area (Å²) in [6.45, 7) is 0. The fourth-order valence-corrected chi connectivity index (χ4v) is 7.27. The van der Waals surface area contributed by atoms with Crippen molar-refractivity contribution in [2.75, 3.05) is 0 Å². The first kappa shape index (κ1) is 24.3. The Bertz CT molecular complexity index is 2620. The molecule has 4 heteroatoms. The Morgan fingerprint density at radius 3 is 2.11 bits per heavy atom. The van der Waals surface area contributed by atoms with E-state index in [1.807, 2.05) is 30.6 Å². The molecule has 1 aliphatic rings. The van der Waals surface area contributed by atoms with E-state index in [4.69, 9.17) is 9.97 Å². The van der Waals surface area contributed by atoms with Gasteiger partial charge >= 0.3 is 0 Å². The van der Waals surface area contributed by atoms with Crippen molar-refractivity contribution in [3.63, 3.8) is 0 Å². The fraction of sp³-hybridized carbons (Fsp3) is 0. The topological polar surface area (TPSA) is 43.6 Å². The van der Waals surface area contributed by atoms with Gasteiger partial charge in [-0.05, 0) is 76.0 Å². The number of hydrogen-bond donors (Lipinski definition) is 0. The van der Waals surface area contributed by atoms with E-state index in [1.54, 1.807) is 0 Å². The van der Waals surface area contributed by atoms with Gasteiger partial charge in [-0.3, -0.25) is 4.98 Å². The van der Waals surface area contributed by atoms with Crippen LogP contribution in [0.3, 0.4) is 0 Å². The molecule has 0 N–H and O–H groups in total. The lowest BCUT2D eigenvalue weighted by molar-refractivity contribution is 1.17. The molecule has 0 spiro atoms. The minimum absolute atomic E-state index is 0.720. The Kier molecular flexibility index (Phi) is 4.96. The highest BCUT2D eigenvalue weighted by molar-refractivity contribution is 6.35. The predicted molar refractivity (Wildman–Crippen MR) is 184 cm³/mol. The van der Waals surface area contributed by atoms with Gasteiger partial charge < -0.3 is 4.57 Å². The number of fused-ring (bicyclic) bond motifs is 2. The second-order valence-electron chi connectivity index (χ2n) is 11.6. The molecule has 0 saturated heterocycles. The van der Waals surface area contributed by atoms with E-state index in [2.05, 4.69) is 125 Å². The zero-order valence-electron chi connectivity index (χ0n) is 24.1. The molecule has 208 valence electrons. The highest BCUT2D eigenvalue weighted by atomic mass is 15.0. The fourth-order valence-electron chi connectivity index (χ4n) is 7.27. The maximum absolute atomic E-state index is 5.10. The number of pyridine rings is 1. The van der Waals surface area contributed by atoms with Crippen LogP contribution in [0.1, 0.15) is 0 Å². The number of nitrogens with zero attached hydrogens (tertiary/aromatic N) is 4. The van der Waals surface area contributed by atoms with Crippen LogP contribution >= 0.6 is 0 Å². The first-order valence-electron chi connectivity index (χ1n) is 15.2. The van der Waals surface area contributed by atoms with Crippen molar-refractivity contribution in [1.29, 1.82) is 0 Å². The zero-order chi connectivity index (χ0) is 29.5. The van der Waals surface area contributed by atoms with Crippen LogP contribution in [0.4, 0.5) is 0 Å². The largest absolute Gasteiger partial charge is 0.309 e. The molecule has 45 heavy (non-hydrogen) atoms. The van der Waals surface area contributed by atoms with E-state index in [0.717, 1.165) is 44.8 Å². The van der Waals surface area contributed by atoms with E-state index in [0.29, 0.717) is 0 Å². The molecule has 6 aromatic carbocycles. The van der Waals surface area contributed by atoms with Crippen molar-refractivity contribution < 1.29 is 0 Å². The van der Waals surface area contributed by atoms with Gasteiger partial charge in [-0.15, -0.1) is 0 Å². The Morgan fingerprint density at radius 1 is 0.467 bits per heavy atom. The maximum Gasteiger partial charge on any atom is 0.160 e. The van der Waals surface area contributed by atoms with Gasteiger partial charge in [-0.25, -0.2) is 9.97 Å². The molecule has 0 unspecified atom stereocenters. The predicted octanol–water partition coefficient (Wildman–Crippen LogP) is 10.3. The van der Waals surface area contributed by atoms with Gasteiger partial charge in [-0.1, -0.05) is 84.9 Å². The molecule has 0 fully saturated rings. The summed E-state index contributed by atoms with van der Waals surface area (Å²) in [5.41, 5.74) is 12.5. The monoisotopic (exact) mass is 572 g/mol. The summed E-state index contributed by atoms with van der Waals surface area (Å²) in [5.74, 6) is 0.720. The molecule has 10 rings (SSSR count). The van der Waals surface area contributed by atoms with Crippen LogP contribution in [0, 0.1) is 0 Å². The molecule has 0 bridgehead atoms. The lowest BCUT2D eigenvalue weighted by Crippen LogP contribution is -1.98. The van der Waals surface area contributed by atoms with Crippen molar-refractivity contribution in [1.82, 2.24) is 19.5 Å². The van der Waals surface area contributed by atoms with E-state index in [9.17, 15) is 0 Å². The number of aromatic nitrogens is 4. The van der Waals surface area contributed by atoms with E-state index >= 15 is 0 Å². The van der Waals surface area contributed by atoms with Gasteiger partial charge in [0.1, 0.15) is 0 Å². The van der Waals surface area contributed by atoms with Crippen molar-refractivity contribution in [2.24, 2.45) is 0 Å². The van der Waals surface area contributed by atoms with Gasteiger partial charge in [0.25, 0.3) is 0 Å². The van der Waals surface area contributed by atoms with Gasteiger partial charge in [-0.2, -0.15) is 0 Å². The van der Waals surface area contributed by atoms with Crippen molar-refractivity contribution >= 4 is 43.5 Å². The number of rotatable bonds is 4. The second-order valence-corrected chi connectivity index (χ2v) is 11.6. The summed E-state index contributed by atoms with van der Waals surface area (Å²) in [5, 5.41) is 6.32. The zero-order valence-corrected chi connectivity index (χ0v) is 24.1. The summed E-state index contributed by atoms with van der Waals surface area (Å²) in [7, 11) is 0. The minimum atomic E-state index is 0.720. The summed E-state index contributed by atoms with van der Waals surface area (Å²) in [4.78, 5) is 14.4. The van der Waals surface area contributed by atoms with E-state index < -0.39 is 0 Å². The molecule has 9 aromatic rings. The van der Waals surface area contributed by atoms with Crippen molar-refractivity contribution in [2.45, 2.75) is 0 Å². The Labute approximate surface area is 258 Å². The summed E-state index contributed by atoms with van der Waals surface area (Å²) < 4.78 is 2.43. The molecule has 0 atom stereocenters. The Morgan fingerprint density at radius 2 is 1.24 bits per heavy atom. The minimum Gasteiger partial charge on any atom is -0.309 e. The average Bonchev–Trinajstić information content (AvgIpc) is 3.65. The first-order valence-corrected chi connectivity index (χ1v) is 15.2. The lowest BCUT2D eigenvalue weighted by Gasteiger charge is -2.15. The third-order valence-electron chi connectivity index (χ3n) is 9.23. The third-order valence-corrected chi connectivity index (χ3v) is 9.23. The summed E-state index contributed by atoms with van der Waals surface area (Å²) in [6, 6.07) is 47.3. The SMILES string of the molecule is c1ccc(-c2nc(-c3ccc(-n4c5ccc6cccc7c6c5c5c-7ccc(-c6ccncc6)c54)cc3)nc3ccccc23)cc1. The number of benzene rings is 6. The highest BCUT2D eigenvalue weighted by Gasteiger charge is 2.27. The molecule has 4 nitrogen and oxygen atoms in total. The first-order chi connectivity index (χ1) is 22.3. The molecule has 0 aliphatic heterocycles. The standard InChI is InChI=1S/C41H24N4/c1-2-7-27(8-3-1)39-33-10-4-5-12-34(33)43-41(44-39)28-13-16-29(17-14-28)45-35-20-15-26-9-6-11-31-32-19-18-30(25-21-23-42-24-22-25)40(45)37(32)38(35)36(26)31/h1-24H. The molecule has 0 saturated carbocycles. The van der Waals surface area contributed by atoms with Gasteiger partial charge in [0.2, 0.25) is 0 Å². The molecule has 1 aliphatic carbocycles. The van der Waals surface area contributed by atoms with Crippen molar-refractivity contribution in [3.05, 3.63) is 146 Å². The summed E-state index contributed by atoms with van der Waals surface area (Å²) >= 11 is 0. The second kappa shape index (κ2) is 9.18. The number of para-hydroxylation sites is 1. The maximum atomic E-state index is 5.10. The van der Waals surface area contributed by atoms with Crippen LogP contribution in [0.15, 0.2) is 146 Å². The van der Waals surface area contributed by atoms with Crippen LogP contribution in [-0.2, 0) is 0 Å². The molecule has 3 aromatic heterocycles. The molecular formula is C41H24N4. The van der Waals surface area contributed by atoms with Crippen LogP contribution in [0.5, 0.6) is 0 Å². The normalized spacial score (nSPS) is 12.0. The van der Waals surface area contributed by atoms with Crippen LogP contribution in [-0.4, -0.2) is 19.5 Å². The average molecular weight is 573 g/mol.